The summed E-state index contributed by atoms with van der Waals surface area (Å²) in [7, 11) is 0. The van der Waals surface area contributed by atoms with E-state index in [-0.39, 0.29) is 5.82 Å². The van der Waals surface area contributed by atoms with E-state index in [1.807, 2.05) is 19.1 Å². The summed E-state index contributed by atoms with van der Waals surface area (Å²) in [4.78, 5) is 4.58. The number of guanidine groups is 1. The second kappa shape index (κ2) is 12.1. The molecule has 1 heterocycles. The molecule has 0 atom stereocenters. The molecule has 0 bridgehead atoms. The maximum absolute atomic E-state index is 13.0. The monoisotopic (exact) mass is 361 g/mol. The number of rotatable bonds is 11. The van der Waals surface area contributed by atoms with Crippen molar-refractivity contribution in [2.75, 3.05) is 32.8 Å². The summed E-state index contributed by atoms with van der Waals surface area (Å²) < 4.78 is 23.6. The minimum absolute atomic E-state index is 0.210. The lowest BCUT2D eigenvalue weighted by atomic mass is 10.1. The fourth-order valence-corrected chi connectivity index (χ4v) is 2.41. The van der Waals surface area contributed by atoms with E-state index in [9.17, 15) is 4.39 Å². The predicted molar refractivity (Wildman–Crippen MR) is 102 cm³/mol. The highest BCUT2D eigenvalue weighted by atomic mass is 19.1. The summed E-state index contributed by atoms with van der Waals surface area (Å²) in [6, 6.07) is 10.4. The minimum Gasteiger partial charge on any atom is -0.469 e. The van der Waals surface area contributed by atoms with Gasteiger partial charge in [0.15, 0.2) is 5.96 Å². The van der Waals surface area contributed by atoms with Crippen molar-refractivity contribution < 1.29 is 13.5 Å². The number of ether oxygens (including phenoxy) is 1. The maximum Gasteiger partial charge on any atom is 0.191 e. The second-order valence-electron chi connectivity index (χ2n) is 5.84. The highest BCUT2D eigenvalue weighted by Crippen LogP contribution is 2.03. The van der Waals surface area contributed by atoms with E-state index >= 15 is 0 Å². The molecule has 5 nitrogen and oxygen atoms in total. The van der Waals surface area contributed by atoms with E-state index in [2.05, 4.69) is 15.6 Å². The zero-order chi connectivity index (χ0) is 18.5. The predicted octanol–water partition coefficient (Wildman–Crippen LogP) is 3.17. The molecule has 2 aromatic rings. The molecular weight excluding hydrogens is 333 g/mol. The van der Waals surface area contributed by atoms with Gasteiger partial charge >= 0.3 is 0 Å². The van der Waals surface area contributed by atoms with E-state index in [0.717, 1.165) is 62.8 Å². The molecule has 6 heteroatoms. The van der Waals surface area contributed by atoms with Crippen molar-refractivity contribution in [1.29, 1.82) is 0 Å². The zero-order valence-electron chi connectivity index (χ0n) is 15.3. The molecule has 0 radical (unpaired) electrons. The third-order valence-electron chi connectivity index (χ3n) is 3.78. The van der Waals surface area contributed by atoms with Crippen LogP contribution in [0.15, 0.2) is 52.1 Å². The number of hydrogen-bond acceptors (Lipinski definition) is 3. The molecule has 1 aromatic heterocycles. The van der Waals surface area contributed by atoms with Crippen LogP contribution in [0.5, 0.6) is 0 Å². The van der Waals surface area contributed by atoms with Gasteiger partial charge in [-0.15, -0.1) is 0 Å². The summed E-state index contributed by atoms with van der Waals surface area (Å²) in [6.07, 6.45) is 4.17. The molecule has 0 spiro atoms. The van der Waals surface area contributed by atoms with Gasteiger partial charge in [0.25, 0.3) is 0 Å². The topological polar surface area (TPSA) is 58.8 Å². The Bertz CT molecular complexity index is 627. The number of nitrogens with one attached hydrogen (secondary N) is 2. The summed E-state index contributed by atoms with van der Waals surface area (Å²) in [5.41, 5.74) is 1.09. The normalized spacial score (nSPS) is 11.5. The Morgan fingerprint density at radius 2 is 1.88 bits per heavy atom. The summed E-state index contributed by atoms with van der Waals surface area (Å²) in [6.45, 7) is 5.60. The molecule has 0 saturated carbocycles. The zero-order valence-corrected chi connectivity index (χ0v) is 15.3. The van der Waals surface area contributed by atoms with Crippen LogP contribution in [0.3, 0.4) is 0 Å². The van der Waals surface area contributed by atoms with Crippen LogP contribution in [-0.4, -0.2) is 38.8 Å². The van der Waals surface area contributed by atoms with Crippen LogP contribution in [0, 0.1) is 5.82 Å². The van der Waals surface area contributed by atoms with Gasteiger partial charge in [0.05, 0.1) is 6.26 Å². The summed E-state index contributed by atoms with van der Waals surface area (Å²) >= 11 is 0. The van der Waals surface area contributed by atoms with Gasteiger partial charge < -0.3 is 19.8 Å². The third-order valence-corrected chi connectivity index (χ3v) is 3.78. The lowest BCUT2D eigenvalue weighted by Gasteiger charge is -2.12. The van der Waals surface area contributed by atoms with Gasteiger partial charge in [0.1, 0.15) is 11.6 Å². The Balaban J connectivity index is 1.76. The van der Waals surface area contributed by atoms with E-state index in [1.54, 1.807) is 18.4 Å². The minimum atomic E-state index is -0.210. The number of furan rings is 1. The highest BCUT2D eigenvalue weighted by molar-refractivity contribution is 5.79. The van der Waals surface area contributed by atoms with E-state index < -0.39 is 0 Å². The van der Waals surface area contributed by atoms with Crippen LogP contribution in [0.4, 0.5) is 4.39 Å². The molecular formula is C20H28FN3O2. The van der Waals surface area contributed by atoms with Crippen LogP contribution in [0.1, 0.15) is 24.7 Å². The molecule has 0 aliphatic carbocycles. The standard InChI is InChI=1S/C20H28FN3O2/c1-2-25-15-4-12-22-20(24-14-11-19-5-3-16-26-19)23-13-10-17-6-8-18(21)9-7-17/h3,5-9,16H,2,4,10-15H2,1H3,(H2,22,23,24). The van der Waals surface area contributed by atoms with Crippen LogP contribution >= 0.6 is 0 Å². The number of halogens is 1. The molecule has 26 heavy (non-hydrogen) atoms. The first-order valence-corrected chi connectivity index (χ1v) is 9.14. The first-order chi connectivity index (χ1) is 12.8. The quantitative estimate of drug-likeness (QED) is 0.367. The Labute approximate surface area is 154 Å². The number of benzene rings is 1. The first-order valence-electron chi connectivity index (χ1n) is 9.14. The Morgan fingerprint density at radius 3 is 2.58 bits per heavy atom. The maximum atomic E-state index is 13.0. The lowest BCUT2D eigenvalue weighted by molar-refractivity contribution is 0.146. The molecule has 142 valence electrons. The lowest BCUT2D eigenvalue weighted by Crippen LogP contribution is -2.39. The van der Waals surface area contributed by atoms with Crippen molar-refractivity contribution in [2.24, 2.45) is 4.99 Å². The molecule has 1 aromatic carbocycles. The third kappa shape index (κ3) is 8.16. The van der Waals surface area contributed by atoms with Crippen molar-refractivity contribution in [3.05, 3.63) is 59.8 Å². The van der Waals surface area contributed by atoms with Gasteiger partial charge in [-0.05, 0) is 49.6 Å². The average Bonchev–Trinajstić information content (AvgIpc) is 3.16. The summed E-state index contributed by atoms with van der Waals surface area (Å²) in [5.74, 6) is 1.51. The van der Waals surface area contributed by atoms with Crippen molar-refractivity contribution in [3.63, 3.8) is 0 Å². The van der Waals surface area contributed by atoms with E-state index in [0.29, 0.717) is 6.54 Å². The smallest absolute Gasteiger partial charge is 0.191 e. The molecule has 2 N–H and O–H groups in total. The molecule has 2 rings (SSSR count). The Kier molecular flexibility index (Phi) is 9.29. The van der Waals surface area contributed by atoms with E-state index in [4.69, 9.17) is 9.15 Å². The molecule has 0 saturated heterocycles. The van der Waals surface area contributed by atoms with Gasteiger partial charge in [-0.3, -0.25) is 4.99 Å². The van der Waals surface area contributed by atoms with Crippen LogP contribution in [0.2, 0.25) is 0 Å². The van der Waals surface area contributed by atoms with Crippen molar-refractivity contribution in [1.82, 2.24) is 10.6 Å². The molecule has 0 fully saturated rings. The SMILES string of the molecule is CCOCCCN=C(NCCc1ccc(F)cc1)NCCc1ccco1. The van der Waals surface area contributed by atoms with Crippen LogP contribution < -0.4 is 10.6 Å². The van der Waals surface area contributed by atoms with Gasteiger partial charge in [-0.1, -0.05) is 12.1 Å². The van der Waals surface area contributed by atoms with Gasteiger partial charge in [-0.25, -0.2) is 4.39 Å². The van der Waals surface area contributed by atoms with E-state index in [1.165, 1.54) is 12.1 Å². The van der Waals surface area contributed by atoms with Gasteiger partial charge in [0, 0.05) is 39.3 Å². The molecule has 0 amide bonds. The fourth-order valence-electron chi connectivity index (χ4n) is 2.41. The fraction of sp³-hybridized carbons (Fsp3) is 0.450. The average molecular weight is 361 g/mol. The first kappa shape index (κ1) is 20.0. The Hall–Kier alpha value is -2.34. The Morgan fingerprint density at radius 1 is 1.12 bits per heavy atom. The number of aliphatic imine (C=N–C) groups is 1. The molecule has 0 aliphatic rings. The second-order valence-corrected chi connectivity index (χ2v) is 5.84. The van der Waals surface area contributed by atoms with Crippen LogP contribution in [-0.2, 0) is 17.6 Å². The number of hydrogen-bond donors (Lipinski definition) is 2. The molecule has 0 unspecified atom stereocenters. The highest BCUT2D eigenvalue weighted by Gasteiger charge is 2.01. The van der Waals surface area contributed by atoms with Crippen molar-refractivity contribution >= 4 is 5.96 Å². The largest absolute Gasteiger partial charge is 0.469 e. The molecule has 0 aliphatic heterocycles. The van der Waals surface area contributed by atoms with Gasteiger partial charge in [-0.2, -0.15) is 0 Å². The number of nitrogens with zero attached hydrogens (tertiary/aromatic N) is 1. The van der Waals surface area contributed by atoms with Crippen LogP contribution in [0.25, 0.3) is 0 Å². The van der Waals surface area contributed by atoms with Crippen molar-refractivity contribution in [2.45, 2.75) is 26.2 Å². The van der Waals surface area contributed by atoms with Gasteiger partial charge in [0.2, 0.25) is 0 Å². The van der Waals surface area contributed by atoms with Crippen molar-refractivity contribution in [3.8, 4) is 0 Å². The summed E-state index contributed by atoms with van der Waals surface area (Å²) in [5, 5.41) is 6.65.